The number of carboxylic acids is 1. The number of carbonyl (C=O) groups is 2. The van der Waals surface area contributed by atoms with Gasteiger partial charge in [-0.3, -0.25) is 9.48 Å². The fraction of sp³-hybridized carbons (Fsp3) is 0.303. The maximum atomic E-state index is 12.5. The van der Waals surface area contributed by atoms with Gasteiger partial charge in [0, 0.05) is 50.6 Å². The summed E-state index contributed by atoms with van der Waals surface area (Å²) in [6.45, 7) is 7.54. The summed E-state index contributed by atoms with van der Waals surface area (Å²) in [5.74, 6) is -0.204. The number of carboxylic acid groups (broad SMARTS) is 1. The van der Waals surface area contributed by atoms with Crippen LogP contribution in [0, 0.1) is 6.92 Å². The molecule has 43 heavy (non-hydrogen) atoms. The van der Waals surface area contributed by atoms with Gasteiger partial charge in [-0.15, -0.1) is 0 Å². The molecular formula is C33H38N6O4. The standard InChI is InChI=1S/C24H30N6O2.C9H8O2/c1-16(2)32-21-14-30(15-21)23(31)8-7-18-5-6-19(11-17(18)3)22-9-10-25-24(28-22)27-20-12-26-29(4)13-20;10-9(11)7-6-8-4-2-1-3-5-8/h5-6,9-13,16,21H,7-8,14-15H2,1-4H3,(H,25,27,28);1-7H,(H,10,11)/b;7-6+. The Labute approximate surface area is 252 Å². The van der Waals surface area contributed by atoms with Crippen LogP contribution < -0.4 is 5.32 Å². The lowest BCUT2D eigenvalue weighted by Gasteiger charge is -2.40. The minimum absolute atomic E-state index is 0.186. The molecular weight excluding hydrogens is 544 g/mol. The molecule has 1 aliphatic rings. The molecule has 2 aromatic heterocycles. The lowest BCUT2D eigenvalue weighted by atomic mass is 9.99. The zero-order chi connectivity index (χ0) is 30.8. The molecule has 224 valence electrons. The number of aryl methyl sites for hydroxylation is 3. The molecule has 1 saturated heterocycles. The van der Waals surface area contributed by atoms with Gasteiger partial charge in [-0.05, 0) is 62.1 Å². The van der Waals surface area contributed by atoms with E-state index < -0.39 is 5.97 Å². The van der Waals surface area contributed by atoms with E-state index in [1.165, 1.54) is 5.56 Å². The van der Waals surface area contributed by atoms with Crippen molar-refractivity contribution >= 4 is 29.6 Å². The number of aliphatic carboxylic acids is 1. The highest BCUT2D eigenvalue weighted by Crippen LogP contribution is 2.24. The SMILES string of the molecule is Cc1cc(-c2ccnc(Nc3cnn(C)c3)n2)ccc1CCC(=O)N1CC(OC(C)C)C1.O=C(O)/C=C/c1ccccc1. The van der Waals surface area contributed by atoms with Crippen LogP contribution in [0.3, 0.4) is 0 Å². The number of carbonyl (C=O) groups excluding carboxylic acids is 1. The van der Waals surface area contributed by atoms with E-state index in [4.69, 9.17) is 9.84 Å². The van der Waals surface area contributed by atoms with Crippen LogP contribution in [0.15, 0.2) is 79.3 Å². The molecule has 0 unspecified atom stereocenters. The van der Waals surface area contributed by atoms with E-state index in [0.29, 0.717) is 25.5 Å². The lowest BCUT2D eigenvalue weighted by Crippen LogP contribution is -2.55. The normalized spacial score (nSPS) is 13.0. The third-order valence-corrected chi connectivity index (χ3v) is 6.75. The van der Waals surface area contributed by atoms with E-state index in [0.717, 1.165) is 40.6 Å². The zero-order valence-electron chi connectivity index (χ0n) is 25.0. The number of rotatable bonds is 10. The minimum atomic E-state index is -0.922. The molecule has 10 heteroatoms. The first-order valence-electron chi connectivity index (χ1n) is 14.2. The van der Waals surface area contributed by atoms with Crippen LogP contribution in [0.4, 0.5) is 11.6 Å². The van der Waals surface area contributed by atoms with Gasteiger partial charge < -0.3 is 20.1 Å². The fourth-order valence-electron chi connectivity index (χ4n) is 4.57. The topological polar surface area (TPSA) is 122 Å². The Kier molecular flexibility index (Phi) is 10.8. The first-order chi connectivity index (χ1) is 20.7. The summed E-state index contributed by atoms with van der Waals surface area (Å²) in [6, 6.07) is 17.5. The number of amides is 1. The highest BCUT2D eigenvalue weighted by atomic mass is 16.5. The number of hydrogen-bond donors (Lipinski definition) is 2. The zero-order valence-corrected chi connectivity index (χ0v) is 25.0. The maximum absolute atomic E-state index is 12.5. The van der Waals surface area contributed by atoms with Gasteiger partial charge in [0.25, 0.3) is 0 Å². The van der Waals surface area contributed by atoms with Gasteiger partial charge in [0.15, 0.2) is 0 Å². The van der Waals surface area contributed by atoms with Crippen molar-refractivity contribution in [3.63, 3.8) is 0 Å². The Morgan fingerprint density at radius 3 is 2.56 bits per heavy atom. The van der Waals surface area contributed by atoms with Crippen molar-refractivity contribution in [2.75, 3.05) is 18.4 Å². The smallest absolute Gasteiger partial charge is 0.328 e. The Balaban J connectivity index is 0.000000324. The second kappa shape index (κ2) is 14.9. The van der Waals surface area contributed by atoms with Gasteiger partial charge in [-0.1, -0.05) is 42.5 Å². The monoisotopic (exact) mass is 582 g/mol. The minimum Gasteiger partial charge on any atom is -0.478 e. The van der Waals surface area contributed by atoms with Crippen LogP contribution in [0.25, 0.3) is 17.3 Å². The van der Waals surface area contributed by atoms with E-state index in [1.54, 1.807) is 23.2 Å². The Morgan fingerprint density at radius 1 is 1.14 bits per heavy atom. The molecule has 1 fully saturated rings. The van der Waals surface area contributed by atoms with Crippen molar-refractivity contribution in [2.24, 2.45) is 7.05 Å². The number of anilines is 2. The van der Waals surface area contributed by atoms with Gasteiger partial charge in [0.1, 0.15) is 0 Å². The number of nitrogens with one attached hydrogen (secondary N) is 1. The Morgan fingerprint density at radius 2 is 1.91 bits per heavy atom. The average molecular weight is 583 g/mol. The summed E-state index contributed by atoms with van der Waals surface area (Å²) < 4.78 is 7.45. The maximum Gasteiger partial charge on any atom is 0.328 e. The third-order valence-electron chi connectivity index (χ3n) is 6.75. The number of likely N-dealkylation sites (tertiary alicyclic amines) is 1. The quantitative estimate of drug-likeness (QED) is 0.242. The molecule has 0 saturated carbocycles. The van der Waals surface area contributed by atoms with Gasteiger partial charge in [-0.25, -0.2) is 14.8 Å². The highest BCUT2D eigenvalue weighted by molar-refractivity contribution is 5.85. The molecule has 0 atom stereocenters. The summed E-state index contributed by atoms with van der Waals surface area (Å²) in [6.07, 6.45) is 9.66. The molecule has 1 aliphatic heterocycles. The highest BCUT2D eigenvalue weighted by Gasteiger charge is 2.31. The Bertz CT molecular complexity index is 1540. The third kappa shape index (κ3) is 9.61. The summed E-state index contributed by atoms with van der Waals surface area (Å²) in [5.41, 5.74) is 5.93. The molecule has 10 nitrogen and oxygen atoms in total. The van der Waals surface area contributed by atoms with Crippen molar-refractivity contribution in [2.45, 2.75) is 45.8 Å². The molecule has 3 heterocycles. The molecule has 2 aromatic carbocycles. The van der Waals surface area contributed by atoms with Crippen LogP contribution in [0.5, 0.6) is 0 Å². The predicted octanol–water partition coefficient (Wildman–Crippen LogP) is 5.28. The van der Waals surface area contributed by atoms with Crippen molar-refractivity contribution in [3.05, 3.63) is 96.0 Å². The number of nitrogens with zero attached hydrogens (tertiary/aromatic N) is 5. The van der Waals surface area contributed by atoms with E-state index >= 15 is 0 Å². The molecule has 0 spiro atoms. The predicted molar refractivity (Wildman–Crippen MR) is 167 cm³/mol. The molecule has 1 amide bonds. The first kappa shape index (κ1) is 31.1. The lowest BCUT2D eigenvalue weighted by molar-refractivity contribution is -0.148. The Hall–Kier alpha value is -4.83. The summed E-state index contributed by atoms with van der Waals surface area (Å²) in [7, 11) is 1.86. The largest absolute Gasteiger partial charge is 0.478 e. The van der Waals surface area contributed by atoms with E-state index in [2.05, 4.69) is 45.5 Å². The van der Waals surface area contributed by atoms with Crippen LogP contribution in [-0.4, -0.2) is 66.9 Å². The first-order valence-corrected chi connectivity index (χ1v) is 14.2. The number of aromatic nitrogens is 4. The van der Waals surface area contributed by atoms with Gasteiger partial charge in [0.2, 0.25) is 11.9 Å². The molecule has 2 N–H and O–H groups in total. The van der Waals surface area contributed by atoms with Crippen LogP contribution in [0.1, 0.15) is 37.0 Å². The van der Waals surface area contributed by atoms with Crippen LogP contribution >= 0.6 is 0 Å². The number of ether oxygens (including phenoxy) is 1. The van der Waals surface area contributed by atoms with Crippen molar-refractivity contribution < 1.29 is 19.4 Å². The number of hydrogen-bond acceptors (Lipinski definition) is 7. The van der Waals surface area contributed by atoms with Crippen molar-refractivity contribution in [1.29, 1.82) is 0 Å². The molecule has 0 aliphatic carbocycles. The summed E-state index contributed by atoms with van der Waals surface area (Å²) in [4.78, 5) is 33.4. The molecule has 4 aromatic rings. The van der Waals surface area contributed by atoms with Crippen molar-refractivity contribution in [3.8, 4) is 11.3 Å². The second-order valence-corrected chi connectivity index (χ2v) is 10.6. The summed E-state index contributed by atoms with van der Waals surface area (Å²) >= 11 is 0. The van der Waals surface area contributed by atoms with Gasteiger partial charge in [-0.2, -0.15) is 5.10 Å². The van der Waals surface area contributed by atoms with Crippen LogP contribution in [0.2, 0.25) is 0 Å². The fourth-order valence-corrected chi connectivity index (χ4v) is 4.57. The molecule has 0 radical (unpaired) electrons. The van der Waals surface area contributed by atoms with E-state index in [-0.39, 0.29) is 18.1 Å². The molecule has 0 bridgehead atoms. The van der Waals surface area contributed by atoms with Crippen molar-refractivity contribution in [1.82, 2.24) is 24.6 Å². The van der Waals surface area contributed by atoms with E-state index in [1.807, 2.05) is 68.4 Å². The van der Waals surface area contributed by atoms with Crippen LogP contribution in [-0.2, 0) is 27.8 Å². The van der Waals surface area contributed by atoms with Gasteiger partial charge >= 0.3 is 5.97 Å². The van der Waals surface area contributed by atoms with Gasteiger partial charge in [0.05, 0.1) is 29.8 Å². The summed E-state index contributed by atoms with van der Waals surface area (Å²) in [5, 5.41) is 15.6. The molecule has 5 rings (SSSR count). The number of benzene rings is 2. The van der Waals surface area contributed by atoms with E-state index in [9.17, 15) is 9.59 Å². The average Bonchev–Trinajstić information content (AvgIpc) is 3.37. The second-order valence-electron chi connectivity index (χ2n) is 10.6.